The van der Waals surface area contributed by atoms with E-state index in [1.165, 1.54) is 51.5 Å². The van der Waals surface area contributed by atoms with Gasteiger partial charge in [-0.2, -0.15) is 0 Å². The average molecular weight is 165 g/mol. The molecule has 1 saturated heterocycles. The van der Waals surface area contributed by atoms with Gasteiger partial charge in [-0.1, -0.05) is 12.8 Å². The zero-order valence-electron chi connectivity index (χ0n) is 7.81. The van der Waals surface area contributed by atoms with E-state index in [1.54, 1.807) is 0 Å². The zero-order chi connectivity index (χ0) is 8.02. The van der Waals surface area contributed by atoms with Gasteiger partial charge in [0.2, 0.25) is 0 Å². The Labute approximate surface area is 74.9 Å². The van der Waals surface area contributed by atoms with Gasteiger partial charge in [-0.05, 0) is 50.0 Å². The number of nitrogens with one attached hydrogen (secondary N) is 1. The average Bonchev–Trinajstić information content (AvgIpc) is 2.03. The lowest BCUT2D eigenvalue weighted by Crippen LogP contribution is -2.63. The molecule has 0 amide bonds. The zero-order valence-corrected chi connectivity index (χ0v) is 7.81. The number of hydrogen-bond acceptors (Lipinski definition) is 1. The van der Waals surface area contributed by atoms with Crippen LogP contribution in [-0.4, -0.2) is 12.6 Å². The van der Waals surface area contributed by atoms with Crippen LogP contribution in [0.5, 0.6) is 0 Å². The number of piperidine rings is 1. The van der Waals surface area contributed by atoms with Gasteiger partial charge in [0.25, 0.3) is 0 Å². The Morgan fingerprint density at radius 2 is 2.00 bits per heavy atom. The van der Waals surface area contributed by atoms with Gasteiger partial charge in [0.15, 0.2) is 0 Å². The maximum absolute atomic E-state index is 3.71. The Bertz CT molecular complexity index is 167. The van der Waals surface area contributed by atoms with Crippen molar-refractivity contribution >= 4 is 0 Å². The highest BCUT2D eigenvalue weighted by Crippen LogP contribution is 2.59. The quantitative estimate of drug-likeness (QED) is 0.581. The summed E-state index contributed by atoms with van der Waals surface area (Å²) in [4.78, 5) is 0. The van der Waals surface area contributed by atoms with Crippen LogP contribution in [0.1, 0.15) is 44.9 Å². The van der Waals surface area contributed by atoms with Crippen molar-refractivity contribution in [3.05, 3.63) is 0 Å². The van der Waals surface area contributed by atoms with Gasteiger partial charge in [-0.3, -0.25) is 0 Å². The highest BCUT2D eigenvalue weighted by molar-refractivity contribution is 5.09. The molecule has 1 aliphatic heterocycles. The number of rotatable bonds is 0. The van der Waals surface area contributed by atoms with Crippen molar-refractivity contribution in [2.75, 3.05) is 6.54 Å². The van der Waals surface area contributed by atoms with Crippen LogP contribution < -0.4 is 5.32 Å². The van der Waals surface area contributed by atoms with E-state index in [-0.39, 0.29) is 0 Å². The molecule has 0 aromatic rings. The monoisotopic (exact) mass is 165 g/mol. The van der Waals surface area contributed by atoms with Gasteiger partial charge in [0.05, 0.1) is 0 Å². The normalized spacial score (nSPS) is 52.0. The van der Waals surface area contributed by atoms with Crippen molar-refractivity contribution in [1.29, 1.82) is 0 Å². The lowest BCUT2D eigenvalue weighted by molar-refractivity contribution is -0.0805. The summed E-state index contributed by atoms with van der Waals surface area (Å²) < 4.78 is 0. The van der Waals surface area contributed by atoms with Crippen LogP contribution in [0.4, 0.5) is 0 Å². The van der Waals surface area contributed by atoms with E-state index >= 15 is 0 Å². The Kier molecular flexibility index (Phi) is 1.52. The van der Waals surface area contributed by atoms with Crippen molar-refractivity contribution < 1.29 is 0 Å². The maximum atomic E-state index is 3.71. The van der Waals surface area contributed by atoms with E-state index in [0.29, 0.717) is 0 Å². The van der Waals surface area contributed by atoms with Gasteiger partial charge in [0, 0.05) is 6.04 Å². The molecule has 1 spiro atoms. The highest BCUT2D eigenvalue weighted by Gasteiger charge is 2.55. The van der Waals surface area contributed by atoms with Gasteiger partial charge in [0.1, 0.15) is 0 Å². The first-order valence-corrected chi connectivity index (χ1v) is 5.65. The fourth-order valence-electron chi connectivity index (χ4n) is 3.99. The maximum Gasteiger partial charge on any atom is 0.0129 e. The summed E-state index contributed by atoms with van der Waals surface area (Å²) in [6, 6.07) is 0.927. The largest absolute Gasteiger partial charge is 0.313 e. The van der Waals surface area contributed by atoms with E-state index in [0.717, 1.165) is 17.4 Å². The van der Waals surface area contributed by atoms with Crippen LogP contribution in [0.15, 0.2) is 0 Å². The summed E-state index contributed by atoms with van der Waals surface area (Å²) >= 11 is 0. The second-order valence-electron chi connectivity index (χ2n) is 5.02. The molecule has 3 aliphatic rings. The fraction of sp³-hybridized carbons (Fsp3) is 1.00. The lowest BCUT2D eigenvalue weighted by Gasteiger charge is -2.61. The van der Waals surface area contributed by atoms with E-state index in [9.17, 15) is 0 Å². The predicted molar refractivity (Wildman–Crippen MR) is 50.0 cm³/mol. The van der Waals surface area contributed by atoms with Crippen molar-refractivity contribution in [1.82, 2.24) is 5.32 Å². The Morgan fingerprint density at radius 3 is 2.83 bits per heavy atom. The molecule has 0 bridgehead atoms. The molecule has 2 saturated carbocycles. The summed E-state index contributed by atoms with van der Waals surface area (Å²) in [5, 5.41) is 3.71. The van der Waals surface area contributed by atoms with Crippen LogP contribution in [0, 0.1) is 11.3 Å². The summed E-state index contributed by atoms with van der Waals surface area (Å²) in [5.74, 6) is 1.11. The fourth-order valence-corrected chi connectivity index (χ4v) is 3.99. The summed E-state index contributed by atoms with van der Waals surface area (Å²) in [6.45, 7) is 1.29. The van der Waals surface area contributed by atoms with E-state index < -0.39 is 0 Å². The minimum atomic E-state index is 0.802. The van der Waals surface area contributed by atoms with Crippen molar-refractivity contribution in [3.8, 4) is 0 Å². The van der Waals surface area contributed by atoms with Gasteiger partial charge < -0.3 is 5.32 Å². The minimum Gasteiger partial charge on any atom is -0.313 e. The standard InChI is InChI=1S/C11H19N/c1-2-5-11-6-3-7-12-10(11)8-9(11)4-1/h9-10,12H,1-8H2. The van der Waals surface area contributed by atoms with Crippen LogP contribution in [0.25, 0.3) is 0 Å². The highest BCUT2D eigenvalue weighted by atomic mass is 15.0. The molecule has 1 N–H and O–H groups in total. The molecule has 0 radical (unpaired) electrons. The third kappa shape index (κ3) is 0.783. The minimum absolute atomic E-state index is 0.802. The number of hydrogen-bond donors (Lipinski definition) is 1. The second kappa shape index (κ2) is 2.47. The van der Waals surface area contributed by atoms with Crippen LogP contribution in [0.3, 0.4) is 0 Å². The van der Waals surface area contributed by atoms with Crippen molar-refractivity contribution in [2.24, 2.45) is 11.3 Å². The third-order valence-electron chi connectivity index (χ3n) is 4.68. The topological polar surface area (TPSA) is 12.0 Å². The molecular formula is C11H19N. The van der Waals surface area contributed by atoms with E-state index in [4.69, 9.17) is 0 Å². The molecule has 2 aliphatic carbocycles. The van der Waals surface area contributed by atoms with E-state index in [2.05, 4.69) is 5.32 Å². The first-order valence-electron chi connectivity index (χ1n) is 5.65. The van der Waals surface area contributed by atoms with Gasteiger partial charge in [-0.15, -0.1) is 0 Å². The molecule has 0 aromatic carbocycles. The van der Waals surface area contributed by atoms with Gasteiger partial charge >= 0.3 is 0 Å². The van der Waals surface area contributed by atoms with Crippen LogP contribution in [-0.2, 0) is 0 Å². The Hall–Kier alpha value is -0.0400. The molecular weight excluding hydrogens is 146 g/mol. The second-order valence-corrected chi connectivity index (χ2v) is 5.02. The molecule has 3 atom stereocenters. The summed E-state index contributed by atoms with van der Waals surface area (Å²) in [7, 11) is 0. The van der Waals surface area contributed by atoms with Crippen molar-refractivity contribution in [3.63, 3.8) is 0 Å². The Morgan fingerprint density at radius 1 is 1.08 bits per heavy atom. The molecule has 1 nitrogen and oxygen atoms in total. The molecule has 12 heavy (non-hydrogen) atoms. The molecule has 3 fully saturated rings. The van der Waals surface area contributed by atoms with Crippen LogP contribution in [0.2, 0.25) is 0 Å². The molecule has 1 heteroatoms. The summed E-state index contributed by atoms with van der Waals surface area (Å²) in [5.41, 5.74) is 0.802. The molecule has 1 heterocycles. The Balaban J connectivity index is 1.82. The molecule has 3 unspecified atom stereocenters. The van der Waals surface area contributed by atoms with Gasteiger partial charge in [-0.25, -0.2) is 0 Å². The predicted octanol–water partition coefficient (Wildman–Crippen LogP) is 2.32. The first kappa shape index (κ1) is 7.37. The molecule has 68 valence electrons. The molecule has 3 rings (SSSR count). The SMILES string of the molecule is C1CCC23CCCNC2CC3C1. The first-order chi connectivity index (χ1) is 5.92. The third-order valence-corrected chi connectivity index (χ3v) is 4.68. The van der Waals surface area contributed by atoms with Crippen LogP contribution >= 0.6 is 0 Å². The van der Waals surface area contributed by atoms with E-state index in [1.807, 2.05) is 0 Å². The molecule has 0 aromatic heterocycles. The summed E-state index contributed by atoms with van der Waals surface area (Å²) in [6.07, 6.45) is 10.6. The lowest BCUT2D eigenvalue weighted by atomic mass is 9.48. The van der Waals surface area contributed by atoms with Crippen molar-refractivity contribution in [2.45, 2.75) is 51.0 Å². The smallest absolute Gasteiger partial charge is 0.0129 e.